The molecule has 1 aromatic rings. The highest BCUT2D eigenvalue weighted by Crippen LogP contribution is 2.17. The topological polar surface area (TPSA) is 107 Å². The van der Waals surface area contributed by atoms with E-state index in [1.807, 2.05) is 20.8 Å². The zero-order chi connectivity index (χ0) is 13.1. The molecule has 1 aromatic heterocycles. The Balaban J connectivity index is 2.87. The molecule has 0 aliphatic carbocycles. The van der Waals surface area contributed by atoms with Gasteiger partial charge in [-0.05, 0) is 13.8 Å². The van der Waals surface area contributed by atoms with E-state index in [0.717, 1.165) is 0 Å². The van der Waals surface area contributed by atoms with Crippen LogP contribution in [0.2, 0.25) is 0 Å². The van der Waals surface area contributed by atoms with Crippen molar-refractivity contribution in [3.8, 4) is 0 Å². The van der Waals surface area contributed by atoms with Gasteiger partial charge in [-0.25, -0.2) is 9.97 Å². The van der Waals surface area contributed by atoms with Crippen molar-refractivity contribution in [1.29, 1.82) is 0 Å². The van der Waals surface area contributed by atoms with Crippen molar-refractivity contribution < 1.29 is 4.79 Å². The fraction of sp³-hybridized carbons (Fsp3) is 0.545. The number of hydrogen-bond donors (Lipinski definition) is 3. The van der Waals surface area contributed by atoms with Gasteiger partial charge in [-0.1, -0.05) is 6.92 Å². The molecule has 0 aromatic carbocycles. The van der Waals surface area contributed by atoms with Crippen LogP contribution in [0.25, 0.3) is 0 Å². The molecule has 1 amide bonds. The molecular formula is C11H19N5O. The number of carbonyl (C=O) groups excluding carboxylic acids is 1. The first-order valence-electron chi connectivity index (χ1n) is 5.52. The van der Waals surface area contributed by atoms with Crippen molar-refractivity contribution >= 4 is 17.5 Å². The number of amides is 1. The first-order valence-corrected chi connectivity index (χ1v) is 5.52. The highest BCUT2D eigenvalue weighted by Gasteiger charge is 2.21. The molecule has 0 atom stereocenters. The number of aromatic nitrogens is 2. The van der Waals surface area contributed by atoms with Crippen LogP contribution >= 0.6 is 0 Å². The molecule has 0 saturated carbocycles. The average molecular weight is 237 g/mol. The summed E-state index contributed by atoms with van der Waals surface area (Å²) in [6, 6.07) is 1.64. The summed E-state index contributed by atoms with van der Waals surface area (Å²) in [6.07, 6.45) is 0.925. The number of anilines is 2. The lowest BCUT2D eigenvalue weighted by atomic mass is 10.0. The first-order chi connectivity index (χ1) is 7.82. The summed E-state index contributed by atoms with van der Waals surface area (Å²) in [4.78, 5) is 19.3. The van der Waals surface area contributed by atoms with Crippen LogP contribution in [0.3, 0.4) is 0 Å². The summed E-state index contributed by atoms with van der Waals surface area (Å²) < 4.78 is 0. The molecule has 6 nitrogen and oxygen atoms in total. The summed E-state index contributed by atoms with van der Waals surface area (Å²) >= 11 is 0. The van der Waals surface area contributed by atoms with Gasteiger partial charge in [0, 0.05) is 24.4 Å². The third-order valence-corrected chi connectivity index (χ3v) is 2.19. The number of nitrogens with zero attached hydrogens (tertiary/aromatic N) is 2. The number of hydrogen-bond acceptors (Lipinski definition) is 5. The Bertz CT molecular complexity index is 416. The Morgan fingerprint density at radius 2 is 2.12 bits per heavy atom. The van der Waals surface area contributed by atoms with Gasteiger partial charge in [0.25, 0.3) is 0 Å². The van der Waals surface area contributed by atoms with Crippen molar-refractivity contribution in [3.63, 3.8) is 0 Å². The second-order valence-electron chi connectivity index (χ2n) is 4.60. The fourth-order valence-electron chi connectivity index (χ4n) is 1.57. The lowest BCUT2D eigenvalue weighted by Crippen LogP contribution is -2.36. The number of primary amides is 1. The molecule has 0 unspecified atom stereocenters. The molecule has 6 heteroatoms. The summed E-state index contributed by atoms with van der Waals surface area (Å²) in [5, 5.41) is 3.13. The van der Waals surface area contributed by atoms with Gasteiger partial charge in [0.15, 0.2) is 0 Å². The second-order valence-corrected chi connectivity index (χ2v) is 4.60. The van der Waals surface area contributed by atoms with Gasteiger partial charge >= 0.3 is 0 Å². The van der Waals surface area contributed by atoms with Gasteiger partial charge in [0.2, 0.25) is 5.91 Å². The van der Waals surface area contributed by atoms with E-state index in [0.29, 0.717) is 23.9 Å². The smallest absolute Gasteiger partial charge is 0.219 e. The van der Waals surface area contributed by atoms with Gasteiger partial charge < -0.3 is 16.8 Å². The minimum absolute atomic E-state index is 0.221. The van der Waals surface area contributed by atoms with E-state index < -0.39 is 5.54 Å². The van der Waals surface area contributed by atoms with Crippen molar-refractivity contribution in [2.45, 2.75) is 39.2 Å². The van der Waals surface area contributed by atoms with Crippen molar-refractivity contribution in [2.75, 3.05) is 11.1 Å². The van der Waals surface area contributed by atoms with Crippen molar-refractivity contribution in [3.05, 3.63) is 11.9 Å². The molecule has 0 fully saturated rings. The molecule has 94 valence electrons. The second kappa shape index (κ2) is 4.99. The molecule has 0 aliphatic heterocycles. The Morgan fingerprint density at radius 1 is 1.47 bits per heavy atom. The predicted molar refractivity (Wildman–Crippen MR) is 67.3 cm³/mol. The van der Waals surface area contributed by atoms with Crippen molar-refractivity contribution in [2.24, 2.45) is 5.73 Å². The first kappa shape index (κ1) is 13.2. The summed E-state index contributed by atoms with van der Waals surface area (Å²) in [7, 11) is 0. The van der Waals surface area contributed by atoms with E-state index in [2.05, 4.69) is 15.3 Å². The van der Waals surface area contributed by atoms with Crippen LogP contribution in [0.15, 0.2) is 6.07 Å². The number of carbonyl (C=O) groups is 1. The fourth-order valence-corrected chi connectivity index (χ4v) is 1.57. The Kier molecular flexibility index (Phi) is 3.88. The van der Waals surface area contributed by atoms with Gasteiger partial charge in [0.05, 0.1) is 0 Å². The number of aryl methyl sites for hydroxylation is 1. The number of nitrogen functional groups attached to an aromatic ring is 1. The summed E-state index contributed by atoms with van der Waals surface area (Å²) in [6.45, 7) is 5.70. The van der Waals surface area contributed by atoms with E-state index in [-0.39, 0.29) is 12.3 Å². The third kappa shape index (κ3) is 4.26. The van der Waals surface area contributed by atoms with Gasteiger partial charge in [-0.3, -0.25) is 4.79 Å². The van der Waals surface area contributed by atoms with Crippen LogP contribution in [-0.4, -0.2) is 21.4 Å². The molecular weight excluding hydrogens is 218 g/mol. The lowest BCUT2D eigenvalue weighted by Gasteiger charge is -2.25. The molecule has 0 aliphatic rings. The van der Waals surface area contributed by atoms with E-state index in [4.69, 9.17) is 11.5 Å². The summed E-state index contributed by atoms with van der Waals surface area (Å²) in [5.41, 5.74) is 10.4. The van der Waals surface area contributed by atoms with E-state index in [1.54, 1.807) is 6.07 Å². The Morgan fingerprint density at radius 3 is 2.65 bits per heavy atom. The predicted octanol–water partition coefficient (Wildman–Crippen LogP) is 0.687. The largest absolute Gasteiger partial charge is 0.384 e. The van der Waals surface area contributed by atoms with Crippen LogP contribution in [-0.2, 0) is 11.2 Å². The Hall–Kier alpha value is -1.85. The van der Waals surface area contributed by atoms with E-state index in [9.17, 15) is 4.79 Å². The molecule has 1 heterocycles. The summed E-state index contributed by atoms with van der Waals surface area (Å²) in [5.74, 6) is 1.33. The minimum Gasteiger partial charge on any atom is -0.384 e. The standard InChI is InChI=1S/C11H19N5O/c1-4-9-14-7(12)5-10(15-9)16-11(2,3)6-8(13)17/h5H,4,6H2,1-3H3,(H2,13,17)(H3,12,14,15,16). The van der Waals surface area contributed by atoms with Gasteiger partial charge in [0.1, 0.15) is 17.5 Å². The zero-order valence-electron chi connectivity index (χ0n) is 10.4. The van der Waals surface area contributed by atoms with E-state index in [1.165, 1.54) is 0 Å². The molecule has 0 saturated heterocycles. The SMILES string of the molecule is CCc1nc(N)cc(NC(C)(C)CC(N)=O)n1. The van der Waals surface area contributed by atoms with Gasteiger partial charge in [-0.2, -0.15) is 0 Å². The van der Waals surface area contributed by atoms with Crippen molar-refractivity contribution in [1.82, 2.24) is 9.97 Å². The maximum Gasteiger partial charge on any atom is 0.219 e. The molecule has 1 rings (SSSR count). The quantitative estimate of drug-likeness (QED) is 0.698. The Labute approximate surface area is 101 Å². The van der Waals surface area contributed by atoms with Crippen LogP contribution in [0.1, 0.15) is 33.0 Å². The van der Waals surface area contributed by atoms with Crippen LogP contribution in [0.4, 0.5) is 11.6 Å². The molecule has 0 bridgehead atoms. The molecule has 0 spiro atoms. The van der Waals surface area contributed by atoms with Crippen LogP contribution in [0.5, 0.6) is 0 Å². The maximum atomic E-state index is 10.9. The molecule has 17 heavy (non-hydrogen) atoms. The van der Waals surface area contributed by atoms with Crippen LogP contribution in [0, 0.1) is 0 Å². The highest BCUT2D eigenvalue weighted by molar-refractivity contribution is 5.75. The number of rotatable bonds is 5. The van der Waals surface area contributed by atoms with Crippen LogP contribution < -0.4 is 16.8 Å². The van der Waals surface area contributed by atoms with E-state index >= 15 is 0 Å². The highest BCUT2D eigenvalue weighted by atomic mass is 16.1. The maximum absolute atomic E-state index is 10.9. The average Bonchev–Trinajstić information content (AvgIpc) is 2.13. The normalized spacial score (nSPS) is 11.2. The minimum atomic E-state index is -0.461. The monoisotopic (exact) mass is 237 g/mol. The molecule has 5 N–H and O–H groups in total. The third-order valence-electron chi connectivity index (χ3n) is 2.19. The zero-order valence-corrected chi connectivity index (χ0v) is 10.4. The number of nitrogens with one attached hydrogen (secondary N) is 1. The molecule has 0 radical (unpaired) electrons. The van der Waals surface area contributed by atoms with Gasteiger partial charge in [-0.15, -0.1) is 0 Å². The number of nitrogens with two attached hydrogens (primary N) is 2. The lowest BCUT2D eigenvalue weighted by molar-refractivity contribution is -0.118.